The van der Waals surface area contributed by atoms with E-state index >= 15 is 0 Å². The lowest BCUT2D eigenvalue weighted by atomic mass is 9.73. The van der Waals surface area contributed by atoms with Crippen molar-refractivity contribution in [2.45, 2.75) is 24.7 Å². The Morgan fingerprint density at radius 3 is 2.59 bits per heavy atom. The Hall–Kier alpha value is -1.10. The van der Waals surface area contributed by atoms with Gasteiger partial charge in [-0.15, -0.1) is 0 Å². The van der Waals surface area contributed by atoms with E-state index in [0.29, 0.717) is 37.6 Å². The molecule has 1 unspecified atom stereocenters. The number of nitrogens with zero attached hydrogens (tertiary/aromatic N) is 1. The molecule has 0 aromatic heterocycles. The highest BCUT2D eigenvalue weighted by Crippen LogP contribution is 2.38. The Kier molecular flexibility index (Phi) is 4.71. The van der Waals surface area contributed by atoms with Gasteiger partial charge < -0.3 is 14.7 Å². The Morgan fingerprint density at radius 2 is 2.00 bits per heavy atom. The fraction of sp³-hybridized carbons (Fsp3) is 0.588. The number of ether oxygens (including phenoxy) is 1. The molecule has 2 heterocycles. The van der Waals surface area contributed by atoms with E-state index in [1.54, 1.807) is 0 Å². The average Bonchev–Trinajstić information content (AvgIpc) is 3.04. The molecule has 1 aromatic rings. The number of carbonyl (C=O) groups is 1. The third-order valence-corrected chi connectivity index (χ3v) is 5.24. The predicted octanol–water partition coefficient (Wildman–Crippen LogP) is 2.23. The number of aliphatic hydroxyl groups is 1. The second-order valence-corrected chi connectivity index (χ2v) is 6.73. The van der Waals surface area contributed by atoms with Gasteiger partial charge in [0.1, 0.15) is 0 Å². The third kappa shape index (κ3) is 2.87. The summed E-state index contributed by atoms with van der Waals surface area (Å²) >= 11 is 5.99. The summed E-state index contributed by atoms with van der Waals surface area (Å²) < 4.78 is 5.49. The van der Waals surface area contributed by atoms with E-state index < -0.39 is 5.41 Å². The standard InChI is InChI=1S/C17H22ClNO3/c18-15-3-1-14(2-4-15)17(6-9-22-10-7-17)16(21)19-8-5-13(11-19)12-20/h1-4,13,20H,5-12H2. The topological polar surface area (TPSA) is 49.8 Å². The van der Waals surface area contributed by atoms with Gasteiger partial charge in [-0.3, -0.25) is 4.79 Å². The molecule has 3 rings (SSSR count). The molecule has 2 aliphatic rings. The van der Waals surface area contributed by atoms with Crippen LogP contribution in [0, 0.1) is 5.92 Å². The minimum atomic E-state index is -0.507. The van der Waals surface area contributed by atoms with Crippen LogP contribution >= 0.6 is 11.6 Å². The summed E-state index contributed by atoms with van der Waals surface area (Å²) in [6.07, 6.45) is 2.29. The zero-order valence-electron chi connectivity index (χ0n) is 12.6. The summed E-state index contributed by atoms with van der Waals surface area (Å²) in [6.45, 7) is 2.75. The van der Waals surface area contributed by atoms with E-state index in [9.17, 15) is 9.90 Å². The zero-order valence-corrected chi connectivity index (χ0v) is 13.4. The summed E-state index contributed by atoms with van der Waals surface area (Å²) in [5.41, 5.74) is 0.519. The van der Waals surface area contributed by atoms with Gasteiger partial charge in [0.15, 0.2) is 0 Å². The van der Waals surface area contributed by atoms with Crippen LogP contribution in [-0.4, -0.2) is 48.8 Å². The number of hydrogen-bond donors (Lipinski definition) is 1. The number of benzene rings is 1. The molecule has 0 saturated carbocycles. The molecule has 1 amide bonds. The lowest BCUT2D eigenvalue weighted by Crippen LogP contribution is -2.49. The van der Waals surface area contributed by atoms with Gasteiger partial charge in [-0.05, 0) is 37.0 Å². The molecule has 0 radical (unpaired) electrons. The molecule has 5 heteroatoms. The van der Waals surface area contributed by atoms with Crippen LogP contribution in [0.4, 0.5) is 0 Å². The van der Waals surface area contributed by atoms with E-state index in [4.69, 9.17) is 16.3 Å². The van der Waals surface area contributed by atoms with Gasteiger partial charge in [0.05, 0.1) is 5.41 Å². The maximum atomic E-state index is 13.2. The van der Waals surface area contributed by atoms with Crippen LogP contribution in [0.15, 0.2) is 24.3 Å². The van der Waals surface area contributed by atoms with Crippen molar-refractivity contribution < 1.29 is 14.6 Å². The molecule has 1 atom stereocenters. The van der Waals surface area contributed by atoms with Gasteiger partial charge in [0, 0.05) is 43.9 Å². The SMILES string of the molecule is O=C(N1CCC(CO)C1)C1(c2ccc(Cl)cc2)CCOCC1. The fourth-order valence-corrected chi connectivity index (χ4v) is 3.71. The Balaban J connectivity index is 1.89. The molecule has 2 aliphatic heterocycles. The minimum Gasteiger partial charge on any atom is -0.396 e. The summed E-state index contributed by atoms with van der Waals surface area (Å²) in [4.78, 5) is 15.1. The molecule has 22 heavy (non-hydrogen) atoms. The van der Waals surface area contributed by atoms with Gasteiger partial charge in [-0.1, -0.05) is 23.7 Å². The van der Waals surface area contributed by atoms with Crippen molar-refractivity contribution in [2.75, 3.05) is 32.9 Å². The highest BCUT2D eigenvalue weighted by atomic mass is 35.5. The zero-order chi connectivity index (χ0) is 15.6. The normalized spacial score (nSPS) is 24.5. The lowest BCUT2D eigenvalue weighted by molar-refractivity contribution is -0.140. The predicted molar refractivity (Wildman–Crippen MR) is 85.0 cm³/mol. The van der Waals surface area contributed by atoms with E-state index in [0.717, 1.165) is 18.5 Å². The van der Waals surface area contributed by atoms with E-state index in [1.165, 1.54) is 0 Å². The second-order valence-electron chi connectivity index (χ2n) is 6.29. The lowest BCUT2D eigenvalue weighted by Gasteiger charge is -2.39. The molecule has 1 N–H and O–H groups in total. The van der Waals surface area contributed by atoms with Crippen molar-refractivity contribution in [3.8, 4) is 0 Å². The van der Waals surface area contributed by atoms with Crippen LogP contribution in [0.25, 0.3) is 0 Å². The molecule has 2 saturated heterocycles. The maximum Gasteiger partial charge on any atom is 0.233 e. The Labute approximate surface area is 136 Å². The van der Waals surface area contributed by atoms with Crippen molar-refractivity contribution in [1.29, 1.82) is 0 Å². The highest BCUT2D eigenvalue weighted by molar-refractivity contribution is 6.30. The number of likely N-dealkylation sites (tertiary alicyclic amines) is 1. The van der Waals surface area contributed by atoms with Crippen molar-refractivity contribution >= 4 is 17.5 Å². The van der Waals surface area contributed by atoms with Gasteiger partial charge in [0.25, 0.3) is 0 Å². The molecule has 4 nitrogen and oxygen atoms in total. The van der Waals surface area contributed by atoms with Gasteiger partial charge in [-0.25, -0.2) is 0 Å². The first-order valence-electron chi connectivity index (χ1n) is 7.90. The van der Waals surface area contributed by atoms with E-state index in [1.807, 2.05) is 29.2 Å². The molecule has 0 bridgehead atoms. The van der Waals surface area contributed by atoms with Crippen LogP contribution in [0.1, 0.15) is 24.8 Å². The summed E-state index contributed by atoms with van der Waals surface area (Å²) in [6, 6.07) is 7.63. The Bertz CT molecular complexity index is 525. The van der Waals surface area contributed by atoms with Crippen LogP contribution in [0.3, 0.4) is 0 Å². The molecule has 1 aromatic carbocycles. The molecule has 2 fully saturated rings. The average molecular weight is 324 g/mol. The van der Waals surface area contributed by atoms with Crippen molar-refractivity contribution in [3.63, 3.8) is 0 Å². The monoisotopic (exact) mass is 323 g/mol. The number of aliphatic hydroxyl groups excluding tert-OH is 1. The van der Waals surface area contributed by atoms with Gasteiger partial charge in [-0.2, -0.15) is 0 Å². The molecular weight excluding hydrogens is 302 g/mol. The van der Waals surface area contributed by atoms with Crippen LogP contribution < -0.4 is 0 Å². The molecular formula is C17H22ClNO3. The van der Waals surface area contributed by atoms with Crippen molar-refractivity contribution in [3.05, 3.63) is 34.9 Å². The summed E-state index contributed by atoms with van der Waals surface area (Å²) in [5.74, 6) is 0.389. The Morgan fingerprint density at radius 1 is 1.32 bits per heavy atom. The highest BCUT2D eigenvalue weighted by Gasteiger charge is 2.45. The molecule has 0 aliphatic carbocycles. The number of amides is 1. The quantitative estimate of drug-likeness (QED) is 0.928. The first-order chi connectivity index (χ1) is 10.7. The second kappa shape index (κ2) is 6.57. The summed E-state index contributed by atoms with van der Waals surface area (Å²) in [5, 5.41) is 10.00. The first kappa shape index (κ1) is 15.8. The van der Waals surface area contributed by atoms with Crippen LogP contribution in [-0.2, 0) is 14.9 Å². The number of rotatable bonds is 3. The minimum absolute atomic E-state index is 0.154. The van der Waals surface area contributed by atoms with E-state index in [-0.39, 0.29) is 18.4 Å². The van der Waals surface area contributed by atoms with Crippen molar-refractivity contribution in [1.82, 2.24) is 4.90 Å². The first-order valence-corrected chi connectivity index (χ1v) is 8.27. The van der Waals surface area contributed by atoms with Gasteiger partial charge >= 0.3 is 0 Å². The maximum absolute atomic E-state index is 13.2. The molecule has 120 valence electrons. The van der Waals surface area contributed by atoms with Gasteiger partial charge in [0.2, 0.25) is 5.91 Å². The van der Waals surface area contributed by atoms with E-state index in [2.05, 4.69) is 0 Å². The number of hydrogen-bond acceptors (Lipinski definition) is 3. The van der Waals surface area contributed by atoms with Crippen LogP contribution in [0.5, 0.6) is 0 Å². The summed E-state index contributed by atoms with van der Waals surface area (Å²) in [7, 11) is 0. The molecule has 0 spiro atoms. The third-order valence-electron chi connectivity index (χ3n) is 4.98. The number of carbonyl (C=O) groups excluding carboxylic acids is 1. The fourth-order valence-electron chi connectivity index (χ4n) is 3.58. The smallest absolute Gasteiger partial charge is 0.233 e. The largest absolute Gasteiger partial charge is 0.396 e. The van der Waals surface area contributed by atoms with Crippen molar-refractivity contribution in [2.24, 2.45) is 5.92 Å². The van der Waals surface area contributed by atoms with Crippen LogP contribution in [0.2, 0.25) is 5.02 Å². The number of halogens is 1.